The molecule has 2 aromatic rings. The number of hydrogen-bond donors (Lipinski definition) is 3. The maximum absolute atomic E-state index is 12.0. The minimum Gasteiger partial charge on any atom is -0.505 e. The van der Waals surface area contributed by atoms with Crippen LogP contribution in [-0.4, -0.2) is 32.2 Å². The highest BCUT2D eigenvalue weighted by Gasteiger charge is 2.15. The standard InChI is InChI=1S/C15H13ClN4O5/c1-8-14(22)12(9(7-21)5-17-8)6-18-19-15(23)11-3-2-10(20(24)25)4-13(11)16/h2-6,21-22H,7H2,1H3,(H,19,23)/b18-6+. The summed E-state index contributed by atoms with van der Waals surface area (Å²) in [7, 11) is 0. The summed E-state index contributed by atoms with van der Waals surface area (Å²) in [5.74, 6) is -0.857. The lowest BCUT2D eigenvalue weighted by molar-refractivity contribution is -0.384. The van der Waals surface area contributed by atoms with Gasteiger partial charge in [0.05, 0.1) is 34.0 Å². The van der Waals surface area contributed by atoms with E-state index in [-0.39, 0.29) is 34.2 Å². The van der Waals surface area contributed by atoms with Gasteiger partial charge in [-0.2, -0.15) is 5.10 Å². The lowest BCUT2D eigenvalue weighted by Crippen LogP contribution is -2.18. The minimum absolute atomic E-state index is 0.00179. The molecule has 0 atom stereocenters. The molecule has 1 aromatic carbocycles. The molecule has 0 unspecified atom stereocenters. The highest BCUT2D eigenvalue weighted by atomic mass is 35.5. The largest absolute Gasteiger partial charge is 0.505 e. The summed E-state index contributed by atoms with van der Waals surface area (Å²) >= 11 is 5.86. The molecule has 0 spiro atoms. The minimum atomic E-state index is -0.688. The summed E-state index contributed by atoms with van der Waals surface area (Å²) in [5, 5.41) is 33.5. The number of pyridine rings is 1. The van der Waals surface area contributed by atoms with Crippen LogP contribution in [0, 0.1) is 17.0 Å². The number of carbonyl (C=O) groups excluding carboxylic acids is 1. The number of aliphatic hydroxyl groups is 1. The normalized spacial score (nSPS) is 10.8. The van der Waals surface area contributed by atoms with Gasteiger partial charge in [0.2, 0.25) is 0 Å². The number of nitrogens with one attached hydrogen (secondary N) is 1. The number of benzene rings is 1. The van der Waals surface area contributed by atoms with Crippen molar-refractivity contribution in [3.8, 4) is 5.75 Å². The number of non-ortho nitro benzene ring substituents is 1. The number of amides is 1. The number of hydrazone groups is 1. The van der Waals surface area contributed by atoms with Crippen LogP contribution in [0.4, 0.5) is 5.69 Å². The lowest BCUT2D eigenvalue weighted by atomic mass is 10.1. The van der Waals surface area contributed by atoms with Crippen LogP contribution in [0.15, 0.2) is 29.5 Å². The number of hydrogen-bond acceptors (Lipinski definition) is 7. The van der Waals surface area contributed by atoms with E-state index >= 15 is 0 Å². The van der Waals surface area contributed by atoms with E-state index in [1.807, 2.05) is 0 Å². The monoisotopic (exact) mass is 364 g/mol. The molecular weight excluding hydrogens is 352 g/mol. The van der Waals surface area contributed by atoms with Gasteiger partial charge in [-0.3, -0.25) is 19.9 Å². The molecule has 1 aromatic heterocycles. The molecular formula is C15H13ClN4O5. The number of halogens is 1. The Bertz CT molecular complexity index is 869. The molecule has 130 valence electrons. The fourth-order valence-corrected chi connectivity index (χ4v) is 2.20. The van der Waals surface area contributed by atoms with Gasteiger partial charge in [-0.1, -0.05) is 11.6 Å². The van der Waals surface area contributed by atoms with Gasteiger partial charge in [0, 0.05) is 29.5 Å². The Morgan fingerprint density at radius 2 is 2.24 bits per heavy atom. The third-order valence-corrected chi connectivity index (χ3v) is 3.61. The van der Waals surface area contributed by atoms with Crippen molar-refractivity contribution in [2.75, 3.05) is 0 Å². The van der Waals surface area contributed by atoms with E-state index < -0.39 is 10.8 Å². The summed E-state index contributed by atoms with van der Waals surface area (Å²) < 4.78 is 0. The molecule has 0 radical (unpaired) electrons. The van der Waals surface area contributed by atoms with E-state index in [0.717, 1.165) is 18.3 Å². The summed E-state index contributed by atoms with van der Waals surface area (Å²) in [4.78, 5) is 26.0. The van der Waals surface area contributed by atoms with Gasteiger partial charge in [-0.25, -0.2) is 5.43 Å². The van der Waals surface area contributed by atoms with Crippen molar-refractivity contribution in [1.29, 1.82) is 0 Å². The van der Waals surface area contributed by atoms with Crippen molar-refractivity contribution in [1.82, 2.24) is 10.4 Å². The fraction of sp³-hybridized carbons (Fsp3) is 0.133. The molecule has 2 rings (SSSR count). The van der Waals surface area contributed by atoms with Crippen LogP contribution in [0.1, 0.15) is 27.2 Å². The second-order valence-corrected chi connectivity index (χ2v) is 5.32. The Balaban J connectivity index is 2.19. The number of nitro groups is 1. The third kappa shape index (κ3) is 4.08. The van der Waals surface area contributed by atoms with Crippen LogP contribution in [0.5, 0.6) is 5.75 Å². The first-order valence-electron chi connectivity index (χ1n) is 6.90. The number of aliphatic hydroxyl groups excluding tert-OH is 1. The Morgan fingerprint density at radius 1 is 1.52 bits per heavy atom. The van der Waals surface area contributed by atoms with Crippen LogP contribution in [0.2, 0.25) is 5.02 Å². The Morgan fingerprint density at radius 3 is 2.84 bits per heavy atom. The van der Waals surface area contributed by atoms with Crippen LogP contribution >= 0.6 is 11.6 Å². The van der Waals surface area contributed by atoms with Gasteiger partial charge >= 0.3 is 0 Å². The number of nitrogens with zero attached hydrogens (tertiary/aromatic N) is 3. The topological polar surface area (TPSA) is 138 Å². The van der Waals surface area contributed by atoms with Crippen molar-refractivity contribution in [3.05, 3.63) is 61.9 Å². The predicted molar refractivity (Wildman–Crippen MR) is 89.7 cm³/mol. The maximum Gasteiger partial charge on any atom is 0.272 e. The molecule has 0 saturated carbocycles. The Labute approximate surface area is 146 Å². The highest BCUT2D eigenvalue weighted by Crippen LogP contribution is 2.23. The number of aromatic hydroxyl groups is 1. The van der Waals surface area contributed by atoms with Crippen molar-refractivity contribution < 1.29 is 19.9 Å². The zero-order valence-corrected chi connectivity index (χ0v) is 13.7. The first-order valence-corrected chi connectivity index (χ1v) is 7.28. The quantitative estimate of drug-likeness (QED) is 0.421. The van der Waals surface area contributed by atoms with Crippen LogP contribution in [0.3, 0.4) is 0 Å². The van der Waals surface area contributed by atoms with Gasteiger partial charge in [0.15, 0.2) is 0 Å². The third-order valence-electron chi connectivity index (χ3n) is 3.30. The second kappa shape index (κ2) is 7.69. The molecule has 1 heterocycles. The molecule has 0 aliphatic heterocycles. The highest BCUT2D eigenvalue weighted by molar-refractivity contribution is 6.34. The summed E-state index contributed by atoms with van der Waals surface area (Å²) in [5.41, 5.74) is 2.84. The smallest absolute Gasteiger partial charge is 0.272 e. The zero-order valence-electron chi connectivity index (χ0n) is 12.9. The number of carbonyl (C=O) groups is 1. The first-order chi connectivity index (χ1) is 11.8. The average Bonchev–Trinajstić information content (AvgIpc) is 2.58. The van der Waals surface area contributed by atoms with Crippen molar-refractivity contribution >= 4 is 29.4 Å². The van der Waals surface area contributed by atoms with E-state index in [1.54, 1.807) is 6.92 Å². The van der Waals surface area contributed by atoms with Crippen LogP contribution in [0.25, 0.3) is 0 Å². The number of aryl methyl sites for hydroxylation is 1. The van der Waals surface area contributed by atoms with E-state index in [4.69, 9.17) is 11.6 Å². The van der Waals surface area contributed by atoms with Gasteiger partial charge in [-0.05, 0) is 13.0 Å². The van der Waals surface area contributed by atoms with Crippen molar-refractivity contribution in [2.24, 2.45) is 5.10 Å². The van der Waals surface area contributed by atoms with E-state index in [2.05, 4.69) is 15.5 Å². The summed E-state index contributed by atoms with van der Waals surface area (Å²) in [6, 6.07) is 3.41. The molecule has 0 saturated heterocycles. The summed E-state index contributed by atoms with van der Waals surface area (Å²) in [6.07, 6.45) is 2.54. The van der Waals surface area contributed by atoms with E-state index in [1.165, 1.54) is 12.3 Å². The molecule has 0 bridgehead atoms. The maximum atomic E-state index is 12.0. The molecule has 0 aliphatic rings. The molecule has 10 heteroatoms. The fourth-order valence-electron chi connectivity index (χ4n) is 1.94. The molecule has 1 amide bonds. The Kier molecular flexibility index (Phi) is 5.63. The lowest BCUT2D eigenvalue weighted by Gasteiger charge is -2.07. The van der Waals surface area contributed by atoms with Gasteiger partial charge < -0.3 is 10.2 Å². The van der Waals surface area contributed by atoms with E-state index in [9.17, 15) is 25.1 Å². The van der Waals surface area contributed by atoms with Crippen LogP contribution in [-0.2, 0) is 6.61 Å². The van der Waals surface area contributed by atoms with Crippen molar-refractivity contribution in [2.45, 2.75) is 13.5 Å². The molecule has 3 N–H and O–H groups in total. The van der Waals surface area contributed by atoms with Gasteiger partial charge in [0.25, 0.3) is 11.6 Å². The second-order valence-electron chi connectivity index (χ2n) is 4.91. The van der Waals surface area contributed by atoms with Gasteiger partial charge in [0.1, 0.15) is 5.75 Å². The first kappa shape index (κ1) is 18.3. The van der Waals surface area contributed by atoms with Crippen molar-refractivity contribution in [3.63, 3.8) is 0 Å². The number of rotatable bonds is 5. The SMILES string of the molecule is Cc1ncc(CO)c(/C=N/NC(=O)c2ccc([N+](=O)[O-])cc2Cl)c1O. The molecule has 0 aliphatic carbocycles. The van der Waals surface area contributed by atoms with Crippen LogP contribution < -0.4 is 5.43 Å². The summed E-state index contributed by atoms with van der Waals surface area (Å²) in [6.45, 7) is 1.20. The number of nitro benzene ring substituents is 1. The number of aromatic nitrogens is 1. The average molecular weight is 365 g/mol. The molecule has 25 heavy (non-hydrogen) atoms. The molecule has 0 fully saturated rings. The van der Waals surface area contributed by atoms with E-state index in [0.29, 0.717) is 11.3 Å². The Hall–Kier alpha value is -3.04. The zero-order chi connectivity index (χ0) is 18.6. The van der Waals surface area contributed by atoms with Gasteiger partial charge in [-0.15, -0.1) is 0 Å². The molecule has 9 nitrogen and oxygen atoms in total. The predicted octanol–water partition coefficient (Wildman–Crippen LogP) is 1.91.